The third-order valence-corrected chi connectivity index (χ3v) is 2.23. The average Bonchev–Trinajstić information content (AvgIpc) is 2.04. The molecule has 1 aromatic rings. The van der Waals surface area contributed by atoms with Gasteiger partial charge in [-0.3, -0.25) is 4.98 Å². The summed E-state index contributed by atoms with van der Waals surface area (Å²) < 4.78 is 0. The van der Waals surface area contributed by atoms with E-state index >= 15 is 0 Å². The van der Waals surface area contributed by atoms with Crippen molar-refractivity contribution in [3.05, 3.63) is 29.6 Å². The molecule has 12 heavy (non-hydrogen) atoms. The molecule has 0 spiro atoms. The van der Waals surface area contributed by atoms with Crippen molar-refractivity contribution < 1.29 is 0 Å². The number of nitrogens with zero attached hydrogens (tertiary/aromatic N) is 1. The lowest BCUT2D eigenvalue weighted by Gasteiger charge is -2.07. The van der Waals surface area contributed by atoms with Crippen molar-refractivity contribution in [2.24, 2.45) is 5.92 Å². The zero-order valence-electron chi connectivity index (χ0n) is 8.17. The summed E-state index contributed by atoms with van der Waals surface area (Å²) in [6, 6.07) is 4.21. The summed E-state index contributed by atoms with van der Waals surface area (Å²) in [6.07, 6.45) is 4.24. The number of aromatic nitrogens is 1. The second kappa shape index (κ2) is 4.24. The first kappa shape index (κ1) is 9.24. The molecule has 1 heteroatoms. The van der Waals surface area contributed by atoms with Crippen molar-refractivity contribution in [1.82, 2.24) is 4.98 Å². The largest absolute Gasteiger partial charge is 0.261 e. The summed E-state index contributed by atoms with van der Waals surface area (Å²) >= 11 is 0. The lowest BCUT2D eigenvalue weighted by molar-refractivity contribution is 0.552. The zero-order chi connectivity index (χ0) is 8.97. The second-order valence-corrected chi connectivity index (χ2v) is 3.54. The Labute approximate surface area is 74.8 Å². The molecule has 66 valence electrons. The van der Waals surface area contributed by atoms with Crippen LogP contribution in [-0.2, 0) is 6.42 Å². The van der Waals surface area contributed by atoms with E-state index < -0.39 is 0 Å². The van der Waals surface area contributed by atoms with E-state index in [1.54, 1.807) is 0 Å². The fourth-order valence-corrected chi connectivity index (χ4v) is 1.21. The molecule has 0 aromatic carbocycles. The van der Waals surface area contributed by atoms with Gasteiger partial charge in [0.25, 0.3) is 0 Å². The van der Waals surface area contributed by atoms with Gasteiger partial charge >= 0.3 is 0 Å². The number of pyridine rings is 1. The van der Waals surface area contributed by atoms with Crippen molar-refractivity contribution in [2.45, 2.75) is 33.6 Å². The van der Waals surface area contributed by atoms with E-state index in [9.17, 15) is 0 Å². The highest BCUT2D eigenvalue weighted by molar-refractivity contribution is 5.14. The molecule has 1 rings (SSSR count). The van der Waals surface area contributed by atoms with Crippen LogP contribution in [0.25, 0.3) is 0 Å². The summed E-state index contributed by atoms with van der Waals surface area (Å²) in [7, 11) is 0. The number of hydrogen-bond donors (Lipinski definition) is 0. The smallest absolute Gasteiger partial charge is 0.0408 e. The Morgan fingerprint density at radius 1 is 1.50 bits per heavy atom. The lowest BCUT2D eigenvalue weighted by atomic mass is 10.0. The van der Waals surface area contributed by atoms with E-state index in [-0.39, 0.29) is 0 Å². The number of hydrogen-bond acceptors (Lipinski definition) is 1. The molecule has 0 N–H and O–H groups in total. The monoisotopic (exact) mass is 163 g/mol. The van der Waals surface area contributed by atoms with Gasteiger partial charge < -0.3 is 0 Å². The maximum atomic E-state index is 4.33. The van der Waals surface area contributed by atoms with E-state index in [0.29, 0.717) is 0 Å². The van der Waals surface area contributed by atoms with Crippen LogP contribution in [0.2, 0.25) is 0 Å². The number of aryl methyl sites for hydroxylation is 1. The van der Waals surface area contributed by atoms with Gasteiger partial charge in [-0.1, -0.05) is 20.3 Å². The van der Waals surface area contributed by atoms with Crippen LogP contribution in [0.1, 0.15) is 31.5 Å². The highest BCUT2D eigenvalue weighted by atomic mass is 14.7. The highest BCUT2D eigenvalue weighted by Gasteiger charge is 2.01. The van der Waals surface area contributed by atoms with Gasteiger partial charge in [0.2, 0.25) is 0 Å². The van der Waals surface area contributed by atoms with Gasteiger partial charge in [-0.25, -0.2) is 0 Å². The minimum atomic E-state index is 0.749. The van der Waals surface area contributed by atoms with Crippen LogP contribution in [0.3, 0.4) is 0 Å². The Hall–Kier alpha value is -0.850. The molecule has 0 aliphatic heterocycles. The fraction of sp³-hybridized carbons (Fsp3) is 0.545. The number of rotatable bonds is 3. The second-order valence-electron chi connectivity index (χ2n) is 3.54. The van der Waals surface area contributed by atoms with E-state index in [4.69, 9.17) is 0 Å². The molecule has 0 amide bonds. The molecule has 0 saturated carbocycles. The summed E-state index contributed by atoms with van der Waals surface area (Å²) in [5, 5.41) is 0. The third-order valence-electron chi connectivity index (χ3n) is 2.23. The minimum absolute atomic E-state index is 0.749. The molecule has 0 saturated heterocycles. The first-order chi connectivity index (χ1) is 5.72. The van der Waals surface area contributed by atoms with E-state index in [2.05, 4.69) is 31.8 Å². The van der Waals surface area contributed by atoms with Crippen molar-refractivity contribution in [3.63, 3.8) is 0 Å². The molecule has 0 aliphatic rings. The molecule has 1 unspecified atom stereocenters. The van der Waals surface area contributed by atoms with Crippen molar-refractivity contribution >= 4 is 0 Å². The molecule has 0 radical (unpaired) electrons. The van der Waals surface area contributed by atoms with Crippen molar-refractivity contribution in [3.8, 4) is 0 Å². The Morgan fingerprint density at radius 2 is 2.25 bits per heavy atom. The molecular weight excluding hydrogens is 146 g/mol. The topological polar surface area (TPSA) is 12.9 Å². The fourth-order valence-electron chi connectivity index (χ4n) is 1.21. The molecule has 1 nitrogen and oxygen atoms in total. The Morgan fingerprint density at radius 3 is 2.83 bits per heavy atom. The first-order valence-electron chi connectivity index (χ1n) is 4.64. The molecule has 1 aromatic heterocycles. The minimum Gasteiger partial charge on any atom is -0.261 e. The maximum absolute atomic E-state index is 4.33. The van der Waals surface area contributed by atoms with Crippen LogP contribution in [0, 0.1) is 12.8 Å². The Balaban J connectivity index is 2.63. The van der Waals surface area contributed by atoms with E-state index in [1.807, 2.05) is 12.3 Å². The maximum Gasteiger partial charge on any atom is 0.0408 e. The van der Waals surface area contributed by atoms with Gasteiger partial charge in [0, 0.05) is 11.9 Å². The summed E-state index contributed by atoms with van der Waals surface area (Å²) in [6.45, 7) is 6.60. The molecule has 0 bridgehead atoms. The van der Waals surface area contributed by atoms with Gasteiger partial charge in [0.05, 0.1) is 0 Å². The van der Waals surface area contributed by atoms with Gasteiger partial charge in [-0.15, -0.1) is 0 Å². The van der Waals surface area contributed by atoms with Gasteiger partial charge in [-0.05, 0) is 37.0 Å². The zero-order valence-corrected chi connectivity index (χ0v) is 8.17. The quantitative estimate of drug-likeness (QED) is 0.667. The Kier molecular flexibility index (Phi) is 3.27. The summed E-state index contributed by atoms with van der Waals surface area (Å²) in [5.41, 5.74) is 2.53. The molecule has 1 heterocycles. The van der Waals surface area contributed by atoms with E-state index in [1.165, 1.54) is 17.7 Å². The van der Waals surface area contributed by atoms with Crippen molar-refractivity contribution in [1.29, 1.82) is 0 Å². The highest BCUT2D eigenvalue weighted by Crippen LogP contribution is 2.09. The van der Waals surface area contributed by atoms with Crippen LogP contribution >= 0.6 is 0 Å². The van der Waals surface area contributed by atoms with Crippen LogP contribution in [0.4, 0.5) is 0 Å². The first-order valence-corrected chi connectivity index (χ1v) is 4.64. The standard InChI is InChI=1S/C11H17N/c1-4-9(2)7-11-8-10(3)5-6-12-11/h5-6,8-9H,4,7H2,1-3H3. The van der Waals surface area contributed by atoms with Gasteiger partial charge in [0.15, 0.2) is 0 Å². The van der Waals surface area contributed by atoms with Crippen molar-refractivity contribution in [2.75, 3.05) is 0 Å². The molecule has 1 atom stereocenters. The van der Waals surface area contributed by atoms with Crippen LogP contribution < -0.4 is 0 Å². The molecular formula is C11H17N. The van der Waals surface area contributed by atoms with Gasteiger partial charge in [-0.2, -0.15) is 0 Å². The third kappa shape index (κ3) is 2.65. The van der Waals surface area contributed by atoms with Crippen LogP contribution in [0.5, 0.6) is 0 Å². The van der Waals surface area contributed by atoms with Crippen LogP contribution in [-0.4, -0.2) is 4.98 Å². The molecule has 0 aliphatic carbocycles. The Bertz CT molecular complexity index is 243. The van der Waals surface area contributed by atoms with Gasteiger partial charge in [0.1, 0.15) is 0 Å². The predicted molar refractivity (Wildman–Crippen MR) is 52.1 cm³/mol. The lowest BCUT2D eigenvalue weighted by Crippen LogP contribution is -1.99. The summed E-state index contributed by atoms with van der Waals surface area (Å²) in [5.74, 6) is 0.749. The summed E-state index contributed by atoms with van der Waals surface area (Å²) in [4.78, 5) is 4.33. The van der Waals surface area contributed by atoms with E-state index in [0.717, 1.165) is 12.3 Å². The predicted octanol–water partition coefficient (Wildman–Crippen LogP) is 2.98. The SMILES string of the molecule is CCC(C)Cc1cc(C)ccn1. The normalized spacial score (nSPS) is 12.9. The van der Waals surface area contributed by atoms with Crippen LogP contribution in [0.15, 0.2) is 18.3 Å². The average molecular weight is 163 g/mol. The molecule has 0 fully saturated rings.